The molecule has 0 unspecified atom stereocenters. The van der Waals surface area contributed by atoms with Crippen LogP contribution in [0.5, 0.6) is 5.75 Å². The van der Waals surface area contributed by atoms with Crippen molar-refractivity contribution in [2.45, 2.75) is 6.92 Å². The van der Waals surface area contributed by atoms with Crippen LogP contribution in [-0.4, -0.2) is 30.7 Å². The van der Waals surface area contributed by atoms with E-state index in [9.17, 15) is 0 Å². The van der Waals surface area contributed by atoms with Crippen molar-refractivity contribution in [3.8, 4) is 5.75 Å². The molecule has 0 aliphatic rings. The van der Waals surface area contributed by atoms with E-state index in [0.717, 1.165) is 29.6 Å². The van der Waals surface area contributed by atoms with Gasteiger partial charge in [0, 0.05) is 25.3 Å². The molecule has 0 aliphatic carbocycles. The zero-order chi connectivity index (χ0) is 13.7. The van der Waals surface area contributed by atoms with E-state index >= 15 is 0 Å². The highest BCUT2D eigenvalue weighted by Crippen LogP contribution is 2.25. The van der Waals surface area contributed by atoms with Gasteiger partial charge in [-0.05, 0) is 19.1 Å². The van der Waals surface area contributed by atoms with E-state index in [1.807, 2.05) is 43.1 Å². The van der Waals surface area contributed by atoms with Gasteiger partial charge in [-0.25, -0.2) is 4.98 Å². The molecule has 1 aromatic carbocycles. The molecule has 0 aliphatic heterocycles. The van der Waals surface area contributed by atoms with Gasteiger partial charge in [-0.2, -0.15) is 0 Å². The fraction of sp³-hybridized carbons (Fsp3) is 0.286. The second-order valence-corrected chi connectivity index (χ2v) is 4.05. The fourth-order valence-corrected chi connectivity index (χ4v) is 1.73. The quantitative estimate of drug-likeness (QED) is 0.893. The summed E-state index contributed by atoms with van der Waals surface area (Å²) in [5.74, 6) is 2.38. The summed E-state index contributed by atoms with van der Waals surface area (Å²) in [4.78, 5) is 10.7. The van der Waals surface area contributed by atoms with Gasteiger partial charge in [0.05, 0.1) is 19.5 Å². The molecule has 2 aromatic rings. The lowest BCUT2D eigenvalue weighted by Crippen LogP contribution is -2.12. The third-order valence-corrected chi connectivity index (χ3v) is 2.76. The smallest absolute Gasteiger partial charge is 0.153 e. The number of rotatable bonds is 5. The maximum Gasteiger partial charge on any atom is 0.153 e. The largest absolute Gasteiger partial charge is 0.497 e. The molecule has 0 bridgehead atoms. The number of aromatic nitrogens is 2. The van der Waals surface area contributed by atoms with Crippen LogP contribution in [0.1, 0.15) is 6.92 Å². The Morgan fingerprint density at radius 1 is 1.32 bits per heavy atom. The number of benzene rings is 1. The van der Waals surface area contributed by atoms with Crippen LogP contribution in [0.25, 0.3) is 0 Å². The molecule has 5 nitrogen and oxygen atoms in total. The summed E-state index contributed by atoms with van der Waals surface area (Å²) >= 11 is 0. The highest BCUT2D eigenvalue weighted by atomic mass is 16.5. The van der Waals surface area contributed by atoms with E-state index in [4.69, 9.17) is 4.74 Å². The third-order valence-electron chi connectivity index (χ3n) is 2.76. The Kier molecular flexibility index (Phi) is 4.18. The normalized spacial score (nSPS) is 10.1. The van der Waals surface area contributed by atoms with Crippen molar-refractivity contribution in [2.24, 2.45) is 0 Å². The molecular weight excluding hydrogens is 240 g/mol. The van der Waals surface area contributed by atoms with Gasteiger partial charge >= 0.3 is 0 Å². The maximum absolute atomic E-state index is 5.23. The van der Waals surface area contributed by atoms with E-state index in [0.29, 0.717) is 0 Å². The fourth-order valence-electron chi connectivity index (χ4n) is 1.73. The Balaban J connectivity index is 2.27. The lowest BCUT2D eigenvalue weighted by molar-refractivity contribution is 0.415. The first kappa shape index (κ1) is 13.1. The molecule has 0 saturated carbocycles. The molecule has 1 heterocycles. The molecule has 0 atom stereocenters. The van der Waals surface area contributed by atoms with Gasteiger partial charge in [0.2, 0.25) is 0 Å². The number of hydrogen-bond donors (Lipinski definition) is 1. The van der Waals surface area contributed by atoms with Crippen molar-refractivity contribution in [1.29, 1.82) is 0 Å². The van der Waals surface area contributed by atoms with E-state index in [-0.39, 0.29) is 0 Å². The molecule has 0 fully saturated rings. The minimum atomic E-state index is 0.773. The van der Waals surface area contributed by atoms with Crippen molar-refractivity contribution in [2.75, 3.05) is 30.9 Å². The SMILES string of the molecule is CCNc1cncc(N(C)c2cccc(OC)c2)n1. The van der Waals surface area contributed by atoms with E-state index in [2.05, 4.69) is 15.3 Å². The van der Waals surface area contributed by atoms with Crippen LogP contribution >= 0.6 is 0 Å². The molecule has 2 rings (SSSR count). The lowest BCUT2D eigenvalue weighted by Gasteiger charge is -2.19. The summed E-state index contributed by atoms with van der Waals surface area (Å²) in [6, 6.07) is 7.83. The summed E-state index contributed by atoms with van der Waals surface area (Å²) < 4.78 is 5.23. The van der Waals surface area contributed by atoms with Crippen LogP contribution in [-0.2, 0) is 0 Å². The summed E-state index contributed by atoms with van der Waals surface area (Å²) in [5.41, 5.74) is 1.00. The van der Waals surface area contributed by atoms with Crippen molar-refractivity contribution < 1.29 is 4.74 Å². The Hall–Kier alpha value is -2.30. The van der Waals surface area contributed by atoms with Crippen LogP contribution in [0, 0.1) is 0 Å². The van der Waals surface area contributed by atoms with Crippen molar-refractivity contribution >= 4 is 17.3 Å². The third kappa shape index (κ3) is 3.13. The van der Waals surface area contributed by atoms with E-state index < -0.39 is 0 Å². The minimum Gasteiger partial charge on any atom is -0.497 e. The number of nitrogens with zero attached hydrogens (tertiary/aromatic N) is 3. The molecular formula is C14H18N4O. The Morgan fingerprint density at radius 2 is 2.16 bits per heavy atom. The first-order valence-electron chi connectivity index (χ1n) is 6.18. The predicted octanol–water partition coefficient (Wildman–Crippen LogP) is 2.68. The summed E-state index contributed by atoms with van der Waals surface area (Å²) in [6.07, 6.45) is 3.45. The van der Waals surface area contributed by atoms with Crippen LogP contribution in [0.3, 0.4) is 0 Å². The Morgan fingerprint density at radius 3 is 2.89 bits per heavy atom. The number of methoxy groups -OCH3 is 1. The molecule has 100 valence electrons. The average Bonchev–Trinajstić information content (AvgIpc) is 2.47. The summed E-state index contributed by atoms with van der Waals surface area (Å²) in [7, 11) is 3.61. The van der Waals surface area contributed by atoms with Crippen molar-refractivity contribution in [3.05, 3.63) is 36.7 Å². The van der Waals surface area contributed by atoms with Gasteiger partial charge in [-0.15, -0.1) is 0 Å². The maximum atomic E-state index is 5.23. The number of anilines is 3. The molecule has 1 N–H and O–H groups in total. The second-order valence-electron chi connectivity index (χ2n) is 4.05. The average molecular weight is 258 g/mol. The molecule has 1 aromatic heterocycles. The number of ether oxygens (including phenoxy) is 1. The molecule has 0 spiro atoms. The Bertz CT molecular complexity index is 544. The monoisotopic (exact) mass is 258 g/mol. The van der Waals surface area contributed by atoms with Gasteiger partial charge < -0.3 is 15.0 Å². The Labute approximate surface area is 113 Å². The molecule has 0 radical (unpaired) electrons. The van der Waals surface area contributed by atoms with E-state index in [1.165, 1.54) is 0 Å². The second kappa shape index (κ2) is 6.04. The van der Waals surface area contributed by atoms with Crippen LogP contribution in [0.4, 0.5) is 17.3 Å². The molecule has 19 heavy (non-hydrogen) atoms. The topological polar surface area (TPSA) is 50.3 Å². The van der Waals surface area contributed by atoms with Crippen LogP contribution in [0.2, 0.25) is 0 Å². The number of hydrogen-bond acceptors (Lipinski definition) is 5. The number of nitrogens with one attached hydrogen (secondary N) is 1. The van der Waals surface area contributed by atoms with Gasteiger partial charge in [0.25, 0.3) is 0 Å². The van der Waals surface area contributed by atoms with Crippen LogP contribution < -0.4 is 15.0 Å². The minimum absolute atomic E-state index is 0.773. The summed E-state index contributed by atoms with van der Waals surface area (Å²) in [6.45, 7) is 2.85. The van der Waals surface area contributed by atoms with Gasteiger partial charge in [-0.1, -0.05) is 6.07 Å². The molecule has 5 heteroatoms. The van der Waals surface area contributed by atoms with Gasteiger partial charge in [0.1, 0.15) is 11.6 Å². The zero-order valence-corrected chi connectivity index (χ0v) is 11.4. The molecule has 0 amide bonds. The first-order chi connectivity index (χ1) is 9.24. The highest BCUT2D eigenvalue weighted by molar-refractivity contribution is 5.61. The van der Waals surface area contributed by atoms with Crippen LogP contribution in [0.15, 0.2) is 36.7 Å². The summed E-state index contributed by atoms with van der Waals surface area (Å²) in [5, 5.41) is 3.15. The van der Waals surface area contributed by atoms with Gasteiger partial charge in [0.15, 0.2) is 5.82 Å². The zero-order valence-electron chi connectivity index (χ0n) is 11.4. The van der Waals surface area contributed by atoms with Gasteiger partial charge in [-0.3, -0.25) is 4.98 Å². The van der Waals surface area contributed by atoms with Crippen molar-refractivity contribution in [3.63, 3.8) is 0 Å². The van der Waals surface area contributed by atoms with E-state index in [1.54, 1.807) is 19.5 Å². The first-order valence-corrected chi connectivity index (χ1v) is 6.18. The predicted molar refractivity (Wildman–Crippen MR) is 77.3 cm³/mol. The standard InChI is InChI=1S/C14H18N4O/c1-4-16-13-9-15-10-14(17-13)18(2)11-6-5-7-12(8-11)19-3/h5-10H,4H2,1-3H3,(H,16,17). The highest BCUT2D eigenvalue weighted by Gasteiger charge is 2.07. The lowest BCUT2D eigenvalue weighted by atomic mass is 10.3. The molecule has 0 saturated heterocycles. The van der Waals surface area contributed by atoms with Crippen molar-refractivity contribution in [1.82, 2.24) is 9.97 Å².